The molecule has 3 amide bonds. The summed E-state index contributed by atoms with van der Waals surface area (Å²) in [5.74, 6) is -0.852. The van der Waals surface area contributed by atoms with Crippen molar-refractivity contribution in [2.75, 3.05) is 26.2 Å². The van der Waals surface area contributed by atoms with Gasteiger partial charge in [0.25, 0.3) is 0 Å². The average molecular weight is 564 g/mol. The van der Waals surface area contributed by atoms with Crippen LogP contribution in [0.4, 0.5) is 0 Å². The molecular weight excluding hydrogens is 522 g/mol. The van der Waals surface area contributed by atoms with Gasteiger partial charge in [0, 0.05) is 32.0 Å². The molecule has 9 heteroatoms. The van der Waals surface area contributed by atoms with Crippen molar-refractivity contribution in [2.24, 2.45) is 0 Å². The predicted octanol–water partition coefficient (Wildman–Crippen LogP) is 3.65. The molecule has 0 unspecified atom stereocenters. The predicted molar refractivity (Wildman–Crippen MR) is 162 cm³/mol. The maximum Gasteiger partial charge on any atom is 0.247 e. The molecule has 8 nitrogen and oxygen atoms in total. The Morgan fingerprint density at radius 3 is 2.35 bits per heavy atom. The molecule has 0 saturated heterocycles. The van der Waals surface area contributed by atoms with Crippen LogP contribution in [-0.4, -0.2) is 65.9 Å². The van der Waals surface area contributed by atoms with Crippen molar-refractivity contribution in [2.45, 2.75) is 59.0 Å². The van der Waals surface area contributed by atoms with E-state index in [-0.39, 0.29) is 36.7 Å². The second-order valence-electron chi connectivity index (χ2n) is 9.89. The smallest absolute Gasteiger partial charge is 0.247 e. The van der Waals surface area contributed by atoms with Gasteiger partial charge in [0.05, 0.1) is 21.3 Å². The molecule has 2 aromatic carbocycles. The maximum atomic E-state index is 13.5. The van der Waals surface area contributed by atoms with Gasteiger partial charge in [-0.1, -0.05) is 63.7 Å². The van der Waals surface area contributed by atoms with E-state index < -0.39 is 6.04 Å². The highest BCUT2D eigenvalue weighted by molar-refractivity contribution is 7.18. The Labute approximate surface area is 241 Å². The van der Waals surface area contributed by atoms with E-state index in [1.807, 2.05) is 50.2 Å². The number of rotatable bonds is 15. The van der Waals surface area contributed by atoms with Crippen molar-refractivity contribution >= 4 is 39.3 Å². The van der Waals surface area contributed by atoms with Crippen LogP contribution in [0, 0.1) is 0 Å². The molecule has 0 bridgehead atoms. The number of aryl methyl sites for hydroxylation is 1. The standard InChI is InChI=1S/C31H41N5O3S/c1-6-23-14-15-26-28(17-23)40-29(35-26)18-27(33-22(5)37)31(39)34-25(16-24-12-10-9-11-13-24)19-32-30(38)21(4)20-36(7-2)8-3/h9-15,17,25,27H,4,6-8,16,18-20H2,1-3,5H3,(H,32,38)(H,33,37)(H,34,39)/t25-,27-/m0/s1. The van der Waals surface area contributed by atoms with E-state index in [1.54, 1.807) is 0 Å². The Balaban J connectivity index is 1.73. The molecule has 0 aliphatic rings. The highest BCUT2D eigenvalue weighted by Gasteiger charge is 2.25. The first-order chi connectivity index (χ1) is 19.2. The summed E-state index contributed by atoms with van der Waals surface area (Å²) >= 11 is 1.53. The third-order valence-corrected chi connectivity index (χ3v) is 7.83. The molecule has 0 radical (unpaired) electrons. The zero-order chi connectivity index (χ0) is 29.1. The minimum Gasteiger partial charge on any atom is -0.350 e. The quantitative estimate of drug-likeness (QED) is 0.245. The summed E-state index contributed by atoms with van der Waals surface area (Å²) in [4.78, 5) is 45.2. The number of fused-ring (bicyclic) bond motifs is 1. The van der Waals surface area contributed by atoms with E-state index in [0.29, 0.717) is 18.5 Å². The number of likely N-dealkylation sites (N-methyl/N-ethyl adjacent to an activating group) is 1. The molecule has 3 rings (SSSR count). The van der Waals surface area contributed by atoms with E-state index in [4.69, 9.17) is 4.98 Å². The summed E-state index contributed by atoms with van der Waals surface area (Å²) in [6.45, 7) is 13.9. The van der Waals surface area contributed by atoms with Crippen LogP contribution in [0.15, 0.2) is 60.7 Å². The first-order valence-electron chi connectivity index (χ1n) is 13.9. The molecule has 3 aromatic rings. The fourth-order valence-corrected chi connectivity index (χ4v) is 5.53. The van der Waals surface area contributed by atoms with Gasteiger partial charge < -0.3 is 16.0 Å². The molecule has 1 aromatic heterocycles. The van der Waals surface area contributed by atoms with E-state index in [2.05, 4.69) is 46.5 Å². The maximum absolute atomic E-state index is 13.5. The van der Waals surface area contributed by atoms with Crippen molar-refractivity contribution in [3.05, 3.63) is 76.8 Å². The highest BCUT2D eigenvalue weighted by Crippen LogP contribution is 2.24. The van der Waals surface area contributed by atoms with E-state index in [0.717, 1.165) is 40.3 Å². The summed E-state index contributed by atoms with van der Waals surface area (Å²) in [5, 5.41) is 9.58. The van der Waals surface area contributed by atoms with Crippen LogP contribution in [0.2, 0.25) is 0 Å². The first-order valence-corrected chi connectivity index (χ1v) is 14.7. The second-order valence-corrected chi connectivity index (χ2v) is 11.0. The molecule has 0 spiro atoms. The minimum atomic E-state index is -0.796. The van der Waals surface area contributed by atoms with Gasteiger partial charge >= 0.3 is 0 Å². The van der Waals surface area contributed by atoms with E-state index >= 15 is 0 Å². The number of amides is 3. The number of hydrogen-bond donors (Lipinski definition) is 3. The molecule has 0 aliphatic heterocycles. The van der Waals surface area contributed by atoms with Gasteiger partial charge in [0.1, 0.15) is 6.04 Å². The summed E-state index contributed by atoms with van der Waals surface area (Å²) in [6.07, 6.45) is 1.72. The lowest BCUT2D eigenvalue weighted by molar-refractivity contribution is -0.128. The lowest BCUT2D eigenvalue weighted by Crippen LogP contribution is -2.53. The fourth-order valence-electron chi connectivity index (χ4n) is 4.46. The third kappa shape index (κ3) is 9.27. The van der Waals surface area contributed by atoms with Crippen molar-refractivity contribution in [1.29, 1.82) is 0 Å². The Morgan fingerprint density at radius 1 is 0.975 bits per heavy atom. The lowest BCUT2D eigenvalue weighted by atomic mass is 10.0. The topological polar surface area (TPSA) is 103 Å². The summed E-state index contributed by atoms with van der Waals surface area (Å²) in [7, 11) is 0. The molecule has 0 aliphatic carbocycles. The first kappa shape index (κ1) is 31.0. The Kier molecular flexibility index (Phi) is 11.8. The van der Waals surface area contributed by atoms with Gasteiger partial charge in [-0.05, 0) is 49.2 Å². The second kappa shape index (κ2) is 15.3. The van der Waals surface area contributed by atoms with Gasteiger partial charge in [-0.2, -0.15) is 0 Å². The number of nitrogens with one attached hydrogen (secondary N) is 3. The summed E-state index contributed by atoms with van der Waals surface area (Å²) in [5.41, 5.74) is 3.61. The SMILES string of the molecule is C=C(CN(CC)CC)C(=O)NC[C@H](Cc1ccccc1)NC(=O)[C@H](Cc1nc2ccc(CC)cc2s1)NC(C)=O. The van der Waals surface area contributed by atoms with Gasteiger partial charge in [-0.15, -0.1) is 11.3 Å². The van der Waals surface area contributed by atoms with Crippen LogP contribution in [0.25, 0.3) is 10.2 Å². The molecule has 1 heterocycles. The number of benzene rings is 2. The molecule has 3 N–H and O–H groups in total. The minimum absolute atomic E-state index is 0.227. The largest absolute Gasteiger partial charge is 0.350 e. The number of carbonyl (C=O) groups excluding carboxylic acids is 3. The number of thiazole rings is 1. The normalized spacial score (nSPS) is 12.6. The van der Waals surface area contributed by atoms with Crippen molar-refractivity contribution in [3.63, 3.8) is 0 Å². The Morgan fingerprint density at radius 2 is 1.70 bits per heavy atom. The third-order valence-electron chi connectivity index (χ3n) is 6.79. The van der Waals surface area contributed by atoms with Crippen LogP contribution < -0.4 is 16.0 Å². The van der Waals surface area contributed by atoms with E-state index in [1.165, 1.54) is 23.8 Å². The van der Waals surface area contributed by atoms with Crippen molar-refractivity contribution in [3.8, 4) is 0 Å². The Hall–Kier alpha value is -3.56. The van der Waals surface area contributed by atoms with Gasteiger partial charge in [-0.25, -0.2) is 4.98 Å². The van der Waals surface area contributed by atoms with Crippen LogP contribution in [0.5, 0.6) is 0 Å². The molecule has 40 heavy (non-hydrogen) atoms. The molecular formula is C31H41N5O3S. The number of carbonyl (C=O) groups is 3. The van der Waals surface area contributed by atoms with Gasteiger partial charge in [-0.3, -0.25) is 19.3 Å². The van der Waals surface area contributed by atoms with Crippen LogP contribution >= 0.6 is 11.3 Å². The van der Waals surface area contributed by atoms with Crippen LogP contribution in [0.3, 0.4) is 0 Å². The number of aromatic nitrogens is 1. The number of nitrogens with zero attached hydrogens (tertiary/aromatic N) is 2. The zero-order valence-corrected chi connectivity index (χ0v) is 24.8. The van der Waals surface area contributed by atoms with Crippen LogP contribution in [-0.2, 0) is 33.6 Å². The monoisotopic (exact) mass is 563 g/mol. The summed E-state index contributed by atoms with van der Waals surface area (Å²) in [6, 6.07) is 14.8. The lowest BCUT2D eigenvalue weighted by Gasteiger charge is -2.24. The molecule has 0 fully saturated rings. The Bertz CT molecular complexity index is 1300. The fraction of sp³-hybridized carbons (Fsp3) is 0.419. The van der Waals surface area contributed by atoms with Gasteiger partial charge in [0.2, 0.25) is 17.7 Å². The van der Waals surface area contributed by atoms with Crippen molar-refractivity contribution < 1.29 is 14.4 Å². The zero-order valence-electron chi connectivity index (χ0n) is 24.0. The molecule has 214 valence electrons. The average Bonchev–Trinajstić information content (AvgIpc) is 3.35. The highest BCUT2D eigenvalue weighted by atomic mass is 32.1. The number of hydrogen-bond acceptors (Lipinski definition) is 6. The summed E-state index contributed by atoms with van der Waals surface area (Å²) < 4.78 is 1.06. The molecule has 2 atom stereocenters. The van der Waals surface area contributed by atoms with Crippen molar-refractivity contribution in [1.82, 2.24) is 25.8 Å². The van der Waals surface area contributed by atoms with Gasteiger partial charge in [0.15, 0.2) is 0 Å². The van der Waals surface area contributed by atoms with Crippen LogP contribution in [0.1, 0.15) is 43.8 Å². The van der Waals surface area contributed by atoms with E-state index in [9.17, 15) is 14.4 Å². The molecule has 0 saturated carbocycles.